The molecule has 1 aromatic heterocycles. The Morgan fingerprint density at radius 1 is 1.35 bits per heavy atom. The molecule has 0 aliphatic carbocycles. The van der Waals surface area contributed by atoms with Gasteiger partial charge in [0.05, 0.1) is 18.7 Å². The molecule has 138 valence electrons. The molecular formula is C19H24N4O3. The van der Waals surface area contributed by atoms with E-state index in [-0.39, 0.29) is 17.6 Å². The van der Waals surface area contributed by atoms with E-state index < -0.39 is 0 Å². The Balaban J connectivity index is 1.83. The van der Waals surface area contributed by atoms with E-state index in [0.29, 0.717) is 17.9 Å². The third kappa shape index (κ3) is 3.87. The van der Waals surface area contributed by atoms with Gasteiger partial charge in [-0.25, -0.2) is 9.97 Å². The minimum absolute atomic E-state index is 0.190. The average Bonchev–Trinajstić information content (AvgIpc) is 2.61. The summed E-state index contributed by atoms with van der Waals surface area (Å²) in [7, 11) is 1.62. The minimum Gasteiger partial charge on any atom is -0.497 e. The van der Waals surface area contributed by atoms with Crippen LogP contribution in [0.25, 0.3) is 0 Å². The number of carbonyl (C=O) groups is 1. The summed E-state index contributed by atoms with van der Waals surface area (Å²) in [6.07, 6.45) is 3.70. The third-order valence-corrected chi connectivity index (χ3v) is 4.23. The van der Waals surface area contributed by atoms with Crippen LogP contribution in [0.1, 0.15) is 49.2 Å². The van der Waals surface area contributed by atoms with Gasteiger partial charge in [0.25, 0.3) is 5.91 Å². The lowest BCUT2D eigenvalue weighted by atomic mass is 9.89. The van der Waals surface area contributed by atoms with Gasteiger partial charge < -0.3 is 20.1 Å². The van der Waals surface area contributed by atoms with Crippen molar-refractivity contribution in [3.8, 4) is 11.5 Å². The van der Waals surface area contributed by atoms with Crippen molar-refractivity contribution in [3.63, 3.8) is 0 Å². The Morgan fingerprint density at radius 3 is 2.73 bits per heavy atom. The number of nitrogens with zero attached hydrogens (tertiary/aromatic N) is 2. The minimum atomic E-state index is -0.384. The molecule has 2 N–H and O–H groups in total. The summed E-state index contributed by atoms with van der Waals surface area (Å²) in [5.41, 5.74) is 0.938. The lowest BCUT2D eigenvalue weighted by Gasteiger charge is -2.38. The van der Waals surface area contributed by atoms with Crippen LogP contribution in [0.3, 0.4) is 0 Å². The molecule has 1 atom stereocenters. The van der Waals surface area contributed by atoms with Crippen LogP contribution in [0.15, 0.2) is 30.6 Å². The van der Waals surface area contributed by atoms with Gasteiger partial charge >= 0.3 is 0 Å². The van der Waals surface area contributed by atoms with Crippen molar-refractivity contribution in [1.82, 2.24) is 15.3 Å². The fourth-order valence-electron chi connectivity index (χ4n) is 3.02. The zero-order valence-electron chi connectivity index (χ0n) is 15.5. The first-order valence-electron chi connectivity index (χ1n) is 8.65. The summed E-state index contributed by atoms with van der Waals surface area (Å²) < 4.78 is 11.4. The average molecular weight is 356 g/mol. The van der Waals surface area contributed by atoms with Crippen LogP contribution < -0.4 is 20.1 Å². The van der Waals surface area contributed by atoms with Crippen molar-refractivity contribution in [1.29, 1.82) is 0 Å². The molecule has 0 radical (unpaired) electrons. The van der Waals surface area contributed by atoms with Gasteiger partial charge in [0.2, 0.25) is 5.95 Å². The highest BCUT2D eigenvalue weighted by Gasteiger charge is 2.35. The highest BCUT2D eigenvalue weighted by Crippen LogP contribution is 2.41. The van der Waals surface area contributed by atoms with Crippen molar-refractivity contribution >= 4 is 11.9 Å². The van der Waals surface area contributed by atoms with Crippen molar-refractivity contribution in [2.24, 2.45) is 0 Å². The molecule has 0 saturated carbocycles. The van der Waals surface area contributed by atoms with Crippen molar-refractivity contribution in [3.05, 3.63) is 41.7 Å². The molecule has 0 spiro atoms. The first-order valence-corrected chi connectivity index (χ1v) is 8.65. The molecule has 7 heteroatoms. The van der Waals surface area contributed by atoms with E-state index in [9.17, 15) is 4.79 Å². The normalized spacial score (nSPS) is 17.6. The Labute approximate surface area is 153 Å². The van der Waals surface area contributed by atoms with E-state index in [0.717, 1.165) is 23.6 Å². The summed E-state index contributed by atoms with van der Waals surface area (Å²) in [6, 6.07) is 5.44. The molecule has 1 aliphatic rings. The Bertz CT molecular complexity index is 790. The number of fused-ring (bicyclic) bond motifs is 1. The van der Waals surface area contributed by atoms with Gasteiger partial charge in [-0.3, -0.25) is 4.79 Å². The van der Waals surface area contributed by atoms with Crippen LogP contribution in [0.2, 0.25) is 0 Å². The van der Waals surface area contributed by atoms with E-state index in [4.69, 9.17) is 9.47 Å². The lowest BCUT2D eigenvalue weighted by Crippen LogP contribution is -2.41. The third-order valence-electron chi connectivity index (χ3n) is 4.23. The standard InChI is InChI=1S/C19H24N4O3/c1-5-20-18-21-10-12(11-22-18)17(24)23-15-9-19(2,3)26-16-7-6-13(25-4)8-14(15)16/h6-8,10-11,15H,5,9H2,1-4H3,(H,23,24)(H,20,21,22)/t15-/m1/s1. The summed E-state index contributed by atoms with van der Waals surface area (Å²) in [5, 5.41) is 6.08. The van der Waals surface area contributed by atoms with E-state index in [1.54, 1.807) is 7.11 Å². The molecule has 0 unspecified atom stereocenters. The van der Waals surface area contributed by atoms with Crippen molar-refractivity contribution in [2.45, 2.75) is 38.8 Å². The van der Waals surface area contributed by atoms with E-state index in [1.807, 2.05) is 39.0 Å². The van der Waals surface area contributed by atoms with Crippen molar-refractivity contribution in [2.75, 3.05) is 19.0 Å². The Morgan fingerprint density at radius 2 is 2.08 bits per heavy atom. The molecule has 1 aliphatic heterocycles. The number of hydrogen-bond donors (Lipinski definition) is 2. The fourth-order valence-corrected chi connectivity index (χ4v) is 3.02. The maximum absolute atomic E-state index is 12.7. The molecular weight excluding hydrogens is 332 g/mol. The number of nitrogens with one attached hydrogen (secondary N) is 2. The number of ether oxygens (including phenoxy) is 2. The summed E-state index contributed by atoms with van der Waals surface area (Å²) in [6.45, 7) is 6.70. The molecule has 1 aromatic carbocycles. The predicted octanol–water partition coefficient (Wildman–Crippen LogP) is 2.95. The van der Waals surface area contributed by atoms with E-state index in [1.165, 1.54) is 12.4 Å². The number of hydrogen-bond acceptors (Lipinski definition) is 6. The number of methoxy groups -OCH3 is 1. The zero-order valence-corrected chi connectivity index (χ0v) is 15.5. The maximum atomic E-state index is 12.7. The fraction of sp³-hybridized carbons (Fsp3) is 0.421. The van der Waals surface area contributed by atoms with E-state index in [2.05, 4.69) is 20.6 Å². The Hall–Kier alpha value is -2.83. The molecule has 2 aromatic rings. The Kier molecular flexibility index (Phi) is 4.97. The first kappa shape index (κ1) is 18.0. The highest BCUT2D eigenvalue weighted by atomic mass is 16.5. The molecule has 1 amide bonds. The van der Waals surface area contributed by atoms with Crippen LogP contribution in [-0.4, -0.2) is 35.1 Å². The molecule has 0 saturated heterocycles. The predicted molar refractivity (Wildman–Crippen MR) is 98.7 cm³/mol. The first-order chi connectivity index (χ1) is 12.4. The van der Waals surface area contributed by atoms with Gasteiger partial charge in [-0.2, -0.15) is 0 Å². The molecule has 3 rings (SSSR count). The van der Waals surface area contributed by atoms with Crippen molar-refractivity contribution < 1.29 is 14.3 Å². The smallest absolute Gasteiger partial charge is 0.254 e. The molecule has 7 nitrogen and oxygen atoms in total. The molecule has 0 bridgehead atoms. The highest BCUT2D eigenvalue weighted by molar-refractivity contribution is 5.94. The van der Waals surface area contributed by atoms with Crippen LogP contribution in [-0.2, 0) is 0 Å². The second-order valence-corrected chi connectivity index (χ2v) is 6.82. The summed E-state index contributed by atoms with van der Waals surface area (Å²) in [5.74, 6) is 1.77. The quantitative estimate of drug-likeness (QED) is 0.857. The van der Waals surface area contributed by atoms with Gasteiger partial charge in [0, 0.05) is 30.9 Å². The zero-order chi connectivity index (χ0) is 18.7. The van der Waals surface area contributed by atoms with Gasteiger partial charge in [-0.1, -0.05) is 0 Å². The number of aromatic nitrogens is 2. The SMILES string of the molecule is CCNc1ncc(C(=O)N[C@@H]2CC(C)(C)Oc3ccc(OC)cc32)cn1. The molecule has 26 heavy (non-hydrogen) atoms. The topological polar surface area (TPSA) is 85.4 Å². The van der Waals surface area contributed by atoms with E-state index >= 15 is 0 Å². The monoisotopic (exact) mass is 356 g/mol. The maximum Gasteiger partial charge on any atom is 0.254 e. The van der Waals surface area contributed by atoms with Crippen LogP contribution in [0.4, 0.5) is 5.95 Å². The summed E-state index contributed by atoms with van der Waals surface area (Å²) in [4.78, 5) is 21.0. The number of rotatable bonds is 5. The van der Waals surface area contributed by atoms with Gasteiger partial charge in [-0.15, -0.1) is 0 Å². The molecule has 2 heterocycles. The number of carbonyl (C=O) groups excluding carboxylic acids is 1. The summed E-state index contributed by atoms with van der Waals surface area (Å²) >= 11 is 0. The second-order valence-electron chi connectivity index (χ2n) is 6.82. The number of benzene rings is 1. The van der Waals surface area contributed by atoms with Crippen LogP contribution in [0.5, 0.6) is 11.5 Å². The van der Waals surface area contributed by atoms with Gasteiger partial charge in [0.15, 0.2) is 0 Å². The molecule has 0 fully saturated rings. The largest absolute Gasteiger partial charge is 0.497 e. The van der Waals surface area contributed by atoms with Gasteiger partial charge in [-0.05, 0) is 39.0 Å². The lowest BCUT2D eigenvalue weighted by molar-refractivity contribution is 0.0618. The number of amides is 1. The van der Waals surface area contributed by atoms with Gasteiger partial charge in [0.1, 0.15) is 17.1 Å². The number of anilines is 1. The van der Waals surface area contributed by atoms with Crippen LogP contribution in [0, 0.1) is 0 Å². The van der Waals surface area contributed by atoms with Crippen LogP contribution >= 0.6 is 0 Å². The second kappa shape index (κ2) is 7.19.